The van der Waals surface area contributed by atoms with Gasteiger partial charge in [-0.25, -0.2) is 4.98 Å². The van der Waals surface area contributed by atoms with Crippen molar-refractivity contribution < 1.29 is 4.79 Å². The van der Waals surface area contributed by atoms with Crippen molar-refractivity contribution in [3.8, 4) is 0 Å². The van der Waals surface area contributed by atoms with E-state index in [1.54, 1.807) is 11.3 Å². The summed E-state index contributed by atoms with van der Waals surface area (Å²) in [7, 11) is 0. The quantitative estimate of drug-likeness (QED) is 0.516. The number of anilines is 1. The molecule has 1 aromatic heterocycles. The minimum atomic E-state index is 0.146. The van der Waals surface area contributed by atoms with Gasteiger partial charge in [0.25, 0.3) is 0 Å². The lowest BCUT2D eigenvalue weighted by molar-refractivity contribution is -0.118. The zero-order valence-corrected chi connectivity index (χ0v) is 17.8. The van der Waals surface area contributed by atoms with Crippen LogP contribution in [0, 0.1) is 6.92 Å². The first kappa shape index (κ1) is 20.5. The lowest BCUT2D eigenvalue weighted by Crippen LogP contribution is -2.39. The number of nitrogens with zero attached hydrogens (tertiary/aromatic N) is 3. The third kappa shape index (κ3) is 4.97. The molecule has 2 aromatic carbocycles. The van der Waals surface area contributed by atoms with Crippen LogP contribution in [0.2, 0.25) is 0 Å². The first-order chi connectivity index (χ1) is 13.6. The topological polar surface area (TPSA) is 36.4 Å². The van der Waals surface area contributed by atoms with Crippen LogP contribution >= 0.6 is 11.3 Å². The second-order valence-electron chi connectivity index (χ2n) is 6.98. The lowest BCUT2D eigenvalue weighted by atomic mass is 10.1. The number of aryl methyl sites for hydroxylation is 2. The number of likely N-dealkylation sites (N-methyl/N-ethyl adjacent to an activating group) is 1. The van der Waals surface area contributed by atoms with Crippen molar-refractivity contribution in [2.45, 2.75) is 33.6 Å². The molecule has 0 spiro atoms. The fourth-order valence-corrected chi connectivity index (χ4v) is 4.42. The van der Waals surface area contributed by atoms with Crippen LogP contribution in [-0.4, -0.2) is 42.0 Å². The molecule has 0 aliphatic heterocycles. The van der Waals surface area contributed by atoms with E-state index in [1.165, 1.54) is 5.56 Å². The van der Waals surface area contributed by atoms with Crippen LogP contribution in [0.1, 0.15) is 31.4 Å². The second kappa shape index (κ2) is 9.80. The fourth-order valence-electron chi connectivity index (χ4n) is 3.33. The van der Waals surface area contributed by atoms with Gasteiger partial charge in [0.2, 0.25) is 5.91 Å². The van der Waals surface area contributed by atoms with Gasteiger partial charge in [-0.15, -0.1) is 0 Å². The number of amides is 1. The maximum Gasteiger partial charge on any atom is 0.229 e. The summed E-state index contributed by atoms with van der Waals surface area (Å²) < 4.78 is 1.14. The highest BCUT2D eigenvalue weighted by molar-refractivity contribution is 7.22. The van der Waals surface area contributed by atoms with Gasteiger partial charge in [0.15, 0.2) is 5.13 Å². The molecule has 0 aliphatic rings. The van der Waals surface area contributed by atoms with Gasteiger partial charge in [-0.05, 0) is 43.6 Å². The van der Waals surface area contributed by atoms with Gasteiger partial charge >= 0.3 is 0 Å². The van der Waals surface area contributed by atoms with Crippen molar-refractivity contribution in [2.75, 3.05) is 31.1 Å². The Balaban J connectivity index is 1.80. The molecule has 0 saturated carbocycles. The van der Waals surface area contributed by atoms with Gasteiger partial charge < -0.3 is 4.90 Å². The zero-order chi connectivity index (χ0) is 19.9. The maximum atomic E-state index is 13.1. The van der Waals surface area contributed by atoms with Gasteiger partial charge in [0.1, 0.15) is 0 Å². The van der Waals surface area contributed by atoms with Gasteiger partial charge in [-0.1, -0.05) is 67.6 Å². The Kier molecular flexibility index (Phi) is 7.18. The van der Waals surface area contributed by atoms with Crippen molar-refractivity contribution in [2.24, 2.45) is 0 Å². The molecule has 3 aromatic rings. The van der Waals surface area contributed by atoms with Crippen LogP contribution in [-0.2, 0) is 11.2 Å². The SMILES string of the molecule is CCN(CC)CCN(C(=O)CCc1ccccc1)c1nc2c(C)cccc2s1. The Hall–Kier alpha value is -2.24. The number of carbonyl (C=O) groups excluding carboxylic acids is 1. The summed E-state index contributed by atoms with van der Waals surface area (Å²) in [6, 6.07) is 16.4. The minimum absolute atomic E-state index is 0.146. The van der Waals surface area contributed by atoms with Gasteiger partial charge in [0, 0.05) is 19.5 Å². The number of aromatic nitrogens is 1. The summed E-state index contributed by atoms with van der Waals surface area (Å²) in [5, 5.41) is 0.814. The maximum absolute atomic E-state index is 13.1. The number of thiazole rings is 1. The average molecular weight is 396 g/mol. The van der Waals surface area contributed by atoms with E-state index in [-0.39, 0.29) is 5.91 Å². The van der Waals surface area contributed by atoms with Crippen LogP contribution < -0.4 is 4.90 Å². The first-order valence-electron chi connectivity index (χ1n) is 10.0. The van der Waals surface area contributed by atoms with E-state index in [2.05, 4.69) is 56.0 Å². The monoisotopic (exact) mass is 395 g/mol. The summed E-state index contributed by atoms with van der Waals surface area (Å²) in [6.07, 6.45) is 1.25. The highest BCUT2D eigenvalue weighted by Gasteiger charge is 2.20. The molecule has 28 heavy (non-hydrogen) atoms. The Labute approximate surface area is 171 Å². The summed E-state index contributed by atoms with van der Waals surface area (Å²) >= 11 is 1.61. The van der Waals surface area contributed by atoms with E-state index in [1.807, 2.05) is 23.1 Å². The molecule has 3 rings (SSSR count). The Morgan fingerprint density at radius 3 is 2.43 bits per heavy atom. The molecule has 4 nitrogen and oxygen atoms in total. The fraction of sp³-hybridized carbons (Fsp3) is 0.391. The average Bonchev–Trinajstić information content (AvgIpc) is 3.15. The Bertz CT molecular complexity index is 903. The van der Waals surface area contributed by atoms with Gasteiger partial charge in [0.05, 0.1) is 10.2 Å². The molecule has 0 unspecified atom stereocenters. The van der Waals surface area contributed by atoms with E-state index in [0.717, 1.165) is 47.0 Å². The highest BCUT2D eigenvalue weighted by atomic mass is 32.1. The number of fused-ring (bicyclic) bond motifs is 1. The predicted molar refractivity (Wildman–Crippen MR) is 119 cm³/mol. The zero-order valence-electron chi connectivity index (χ0n) is 17.0. The lowest BCUT2D eigenvalue weighted by Gasteiger charge is -2.24. The molecule has 1 amide bonds. The molecule has 148 valence electrons. The number of carbonyl (C=O) groups is 1. The normalized spacial score (nSPS) is 11.3. The van der Waals surface area contributed by atoms with Crippen LogP contribution in [0.4, 0.5) is 5.13 Å². The van der Waals surface area contributed by atoms with E-state index in [0.29, 0.717) is 13.0 Å². The van der Waals surface area contributed by atoms with Crippen molar-refractivity contribution in [1.29, 1.82) is 0 Å². The third-order valence-corrected chi connectivity index (χ3v) is 6.19. The molecular weight excluding hydrogens is 366 g/mol. The molecule has 0 fully saturated rings. The van der Waals surface area contributed by atoms with Gasteiger partial charge in [-0.2, -0.15) is 0 Å². The standard InChI is InChI=1S/C23H29N3OS/c1-4-25(5-2)16-17-26(21(27)15-14-19-11-7-6-8-12-19)23-24-22-18(3)10-9-13-20(22)28-23/h6-13H,4-5,14-17H2,1-3H3. The van der Waals surface area contributed by atoms with Crippen molar-refractivity contribution in [3.63, 3.8) is 0 Å². The molecule has 5 heteroatoms. The molecule has 0 bridgehead atoms. The van der Waals surface area contributed by atoms with Crippen LogP contribution in [0.25, 0.3) is 10.2 Å². The minimum Gasteiger partial charge on any atom is -0.302 e. The second-order valence-corrected chi connectivity index (χ2v) is 7.99. The molecule has 0 atom stereocenters. The highest BCUT2D eigenvalue weighted by Crippen LogP contribution is 2.31. The Morgan fingerprint density at radius 1 is 1.00 bits per heavy atom. The van der Waals surface area contributed by atoms with Crippen LogP contribution in [0.5, 0.6) is 0 Å². The van der Waals surface area contributed by atoms with Crippen molar-refractivity contribution >= 4 is 32.6 Å². The first-order valence-corrected chi connectivity index (χ1v) is 10.9. The molecule has 0 aliphatic carbocycles. The third-order valence-electron chi connectivity index (χ3n) is 5.15. The number of para-hydroxylation sites is 1. The largest absolute Gasteiger partial charge is 0.302 e. The van der Waals surface area contributed by atoms with Crippen LogP contribution in [0.3, 0.4) is 0 Å². The summed E-state index contributed by atoms with van der Waals surface area (Å²) in [6.45, 7) is 9.90. The van der Waals surface area contributed by atoms with E-state index < -0.39 is 0 Å². The number of hydrogen-bond donors (Lipinski definition) is 0. The summed E-state index contributed by atoms with van der Waals surface area (Å²) in [5.74, 6) is 0.146. The molecule has 0 saturated heterocycles. The van der Waals surface area contributed by atoms with E-state index >= 15 is 0 Å². The predicted octanol–water partition coefficient (Wildman–Crippen LogP) is 4.91. The smallest absolute Gasteiger partial charge is 0.229 e. The molecule has 1 heterocycles. The van der Waals surface area contributed by atoms with E-state index in [4.69, 9.17) is 4.98 Å². The number of rotatable bonds is 9. The Morgan fingerprint density at radius 2 is 1.75 bits per heavy atom. The van der Waals surface area contributed by atoms with Crippen LogP contribution in [0.15, 0.2) is 48.5 Å². The van der Waals surface area contributed by atoms with Crippen molar-refractivity contribution in [3.05, 3.63) is 59.7 Å². The van der Waals surface area contributed by atoms with Crippen molar-refractivity contribution in [1.82, 2.24) is 9.88 Å². The number of benzene rings is 2. The molecular formula is C23H29N3OS. The van der Waals surface area contributed by atoms with Gasteiger partial charge in [-0.3, -0.25) is 9.69 Å². The van der Waals surface area contributed by atoms with E-state index in [9.17, 15) is 4.79 Å². The summed E-state index contributed by atoms with van der Waals surface area (Å²) in [4.78, 5) is 22.2. The molecule has 0 radical (unpaired) electrons. The summed E-state index contributed by atoms with van der Waals surface area (Å²) in [5.41, 5.74) is 3.35. The number of hydrogen-bond acceptors (Lipinski definition) is 4. The molecule has 0 N–H and O–H groups in total.